The number of hydrogen-bond acceptors (Lipinski definition) is 6. The van der Waals surface area contributed by atoms with Crippen LogP contribution in [0.3, 0.4) is 0 Å². The average Bonchev–Trinajstić information content (AvgIpc) is 3.19. The molecule has 146 valence electrons. The predicted molar refractivity (Wildman–Crippen MR) is 121 cm³/mol. The quantitative estimate of drug-likeness (QED) is 0.384. The second-order valence-corrected chi connectivity index (χ2v) is 8.29. The first-order valence-electron chi connectivity index (χ1n) is 9.94. The molecule has 6 nitrogen and oxygen atoms in total. The summed E-state index contributed by atoms with van der Waals surface area (Å²) in [6.07, 6.45) is 7.29. The Labute approximate surface area is 175 Å². The van der Waals surface area contributed by atoms with Crippen molar-refractivity contribution < 1.29 is 0 Å². The van der Waals surface area contributed by atoms with Crippen LogP contribution in [0.5, 0.6) is 0 Å². The summed E-state index contributed by atoms with van der Waals surface area (Å²) >= 11 is 2.33. The van der Waals surface area contributed by atoms with Crippen molar-refractivity contribution in [2.24, 2.45) is 0 Å². The third kappa shape index (κ3) is 5.92. The van der Waals surface area contributed by atoms with Gasteiger partial charge in [-0.25, -0.2) is 0 Å². The van der Waals surface area contributed by atoms with E-state index in [9.17, 15) is 0 Å². The van der Waals surface area contributed by atoms with Crippen molar-refractivity contribution in [2.45, 2.75) is 52.4 Å². The molecule has 0 amide bonds. The Balaban J connectivity index is 1.76. The number of nitrogens with zero attached hydrogens (tertiary/aromatic N) is 4. The van der Waals surface area contributed by atoms with Crippen molar-refractivity contribution in [1.82, 2.24) is 15.0 Å². The molecule has 3 rings (SSSR count). The van der Waals surface area contributed by atoms with E-state index < -0.39 is 0 Å². The zero-order chi connectivity index (χ0) is 19.1. The number of hydrogen-bond donors (Lipinski definition) is 2. The summed E-state index contributed by atoms with van der Waals surface area (Å²) < 4.78 is 1.22. The second-order valence-electron chi connectivity index (χ2n) is 7.05. The summed E-state index contributed by atoms with van der Waals surface area (Å²) in [6.45, 7) is 7.25. The van der Waals surface area contributed by atoms with Crippen LogP contribution in [0.2, 0.25) is 0 Å². The molecular weight excluding hydrogens is 451 g/mol. The third-order valence-electron chi connectivity index (χ3n) is 4.76. The Morgan fingerprint density at radius 3 is 2.56 bits per heavy atom. The highest BCUT2D eigenvalue weighted by molar-refractivity contribution is 14.1. The van der Waals surface area contributed by atoms with Gasteiger partial charge in [0.25, 0.3) is 0 Å². The maximum atomic E-state index is 4.68. The van der Waals surface area contributed by atoms with Gasteiger partial charge in [-0.2, -0.15) is 15.0 Å². The Morgan fingerprint density at radius 1 is 1.04 bits per heavy atom. The minimum absolute atomic E-state index is 0.604. The molecule has 0 aliphatic carbocycles. The van der Waals surface area contributed by atoms with Crippen molar-refractivity contribution in [3.05, 3.63) is 27.3 Å². The molecule has 2 heterocycles. The van der Waals surface area contributed by atoms with E-state index in [1.54, 1.807) is 0 Å². The molecule has 1 aromatic carbocycles. The molecule has 0 spiro atoms. The van der Waals surface area contributed by atoms with E-state index in [2.05, 4.69) is 85.1 Å². The van der Waals surface area contributed by atoms with E-state index in [0.717, 1.165) is 37.7 Å². The summed E-state index contributed by atoms with van der Waals surface area (Å²) in [7, 11) is 0. The van der Waals surface area contributed by atoms with Crippen LogP contribution in [0.4, 0.5) is 23.5 Å². The molecule has 2 N–H and O–H groups in total. The first kappa shape index (κ1) is 20.1. The highest BCUT2D eigenvalue weighted by atomic mass is 127. The molecule has 0 saturated carbocycles. The molecule has 2 aromatic rings. The molecule has 1 aliphatic rings. The normalized spacial score (nSPS) is 13.8. The van der Waals surface area contributed by atoms with Gasteiger partial charge in [0.2, 0.25) is 17.8 Å². The van der Waals surface area contributed by atoms with Crippen molar-refractivity contribution in [3.63, 3.8) is 0 Å². The molecule has 1 aromatic heterocycles. The van der Waals surface area contributed by atoms with Crippen molar-refractivity contribution in [2.75, 3.05) is 35.2 Å². The van der Waals surface area contributed by atoms with Crippen LogP contribution in [0, 0.1) is 10.5 Å². The number of aromatic nitrogens is 3. The lowest BCUT2D eigenvalue weighted by Gasteiger charge is -2.17. The van der Waals surface area contributed by atoms with Gasteiger partial charge >= 0.3 is 0 Å². The lowest BCUT2D eigenvalue weighted by molar-refractivity contribution is 0.683. The van der Waals surface area contributed by atoms with Crippen LogP contribution >= 0.6 is 22.6 Å². The highest BCUT2D eigenvalue weighted by Gasteiger charge is 2.17. The van der Waals surface area contributed by atoms with Crippen molar-refractivity contribution in [1.29, 1.82) is 0 Å². The highest BCUT2D eigenvalue weighted by Crippen LogP contribution is 2.23. The van der Waals surface area contributed by atoms with Crippen LogP contribution < -0.4 is 15.5 Å². The Kier molecular flexibility index (Phi) is 7.49. The largest absolute Gasteiger partial charge is 0.354 e. The standard InChI is InChI=1S/C20H29IN6/c1-3-4-5-6-11-22-18-24-19(23-17-10-9-16(21)14-15(17)2)26-20(25-18)27-12-7-8-13-27/h9-10,14H,3-8,11-13H2,1-2H3,(H2,22,23,24,25,26). The Hall–Kier alpha value is -1.64. The van der Waals surface area contributed by atoms with Gasteiger partial charge in [-0.1, -0.05) is 26.2 Å². The van der Waals surface area contributed by atoms with Gasteiger partial charge < -0.3 is 15.5 Å². The number of aryl methyl sites for hydroxylation is 1. The van der Waals surface area contributed by atoms with Crippen LogP contribution in [0.15, 0.2) is 18.2 Å². The van der Waals surface area contributed by atoms with Crippen molar-refractivity contribution >= 4 is 46.1 Å². The molecule has 7 heteroatoms. The summed E-state index contributed by atoms with van der Waals surface area (Å²) in [4.78, 5) is 16.2. The van der Waals surface area contributed by atoms with Crippen LogP contribution in [-0.4, -0.2) is 34.6 Å². The van der Waals surface area contributed by atoms with Crippen molar-refractivity contribution in [3.8, 4) is 0 Å². The molecule has 0 atom stereocenters. The smallest absolute Gasteiger partial charge is 0.233 e. The first-order chi connectivity index (χ1) is 13.2. The molecule has 1 aliphatic heterocycles. The molecule has 27 heavy (non-hydrogen) atoms. The lowest BCUT2D eigenvalue weighted by atomic mass is 10.2. The van der Waals surface area contributed by atoms with E-state index in [0.29, 0.717) is 11.9 Å². The number of rotatable bonds is 9. The maximum absolute atomic E-state index is 4.68. The summed E-state index contributed by atoms with van der Waals surface area (Å²) in [5.74, 6) is 2.03. The van der Waals surface area contributed by atoms with Gasteiger partial charge in [-0.15, -0.1) is 0 Å². The summed E-state index contributed by atoms with van der Waals surface area (Å²) in [5, 5.41) is 6.77. The Bertz CT molecular complexity index is 745. The minimum atomic E-state index is 0.604. The molecular formula is C20H29IN6. The van der Waals surface area contributed by atoms with Crippen LogP contribution in [0.1, 0.15) is 51.0 Å². The number of unbranched alkanes of at least 4 members (excludes halogenated alkanes) is 3. The fourth-order valence-electron chi connectivity index (χ4n) is 3.20. The van der Waals surface area contributed by atoms with Gasteiger partial charge in [0.15, 0.2) is 0 Å². The predicted octanol–water partition coefficient (Wildman–Crippen LogP) is 5.12. The van der Waals surface area contributed by atoms with Gasteiger partial charge in [0.1, 0.15) is 0 Å². The summed E-state index contributed by atoms with van der Waals surface area (Å²) in [6, 6.07) is 6.32. The number of benzene rings is 1. The maximum Gasteiger partial charge on any atom is 0.233 e. The monoisotopic (exact) mass is 480 g/mol. The van der Waals surface area contributed by atoms with E-state index in [4.69, 9.17) is 0 Å². The first-order valence-corrected chi connectivity index (χ1v) is 11.0. The summed E-state index contributed by atoms with van der Waals surface area (Å²) in [5.41, 5.74) is 2.21. The van der Waals surface area contributed by atoms with Gasteiger partial charge in [0.05, 0.1) is 0 Å². The fourth-order valence-corrected chi connectivity index (χ4v) is 3.84. The molecule has 1 fully saturated rings. The zero-order valence-electron chi connectivity index (χ0n) is 16.3. The zero-order valence-corrected chi connectivity index (χ0v) is 18.4. The molecule has 1 saturated heterocycles. The van der Waals surface area contributed by atoms with E-state index in [1.165, 1.54) is 41.2 Å². The van der Waals surface area contributed by atoms with Gasteiger partial charge in [0, 0.05) is 28.9 Å². The van der Waals surface area contributed by atoms with E-state index >= 15 is 0 Å². The van der Waals surface area contributed by atoms with E-state index in [-0.39, 0.29) is 0 Å². The third-order valence-corrected chi connectivity index (χ3v) is 5.43. The van der Waals surface area contributed by atoms with E-state index in [1.807, 2.05) is 0 Å². The minimum Gasteiger partial charge on any atom is -0.354 e. The fraction of sp³-hybridized carbons (Fsp3) is 0.550. The van der Waals surface area contributed by atoms with Crippen LogP contribution in [-0.2, 0) is 0 Å². The molecule has 0 radical (unpaired) electrons. The number of anilines is 4. The average molecular weight is 480 g/mol. The number of nitrogens with one attached hydrogen (secondary N) is 2. The number of halogens is 1. The lowest BCUT2D eigenvalue weighted by Crippen LogP contribution is -2.22. The SMILES string of the molecule is CCCCCCNc1nc(Nc2ccc(I)cc2C)nc(N2CCCC2)n1. The van der Waals surface area contributed by atoms with Gasteiger partial charge in [-0.3, -0.25) is 0 Å². The topological polar surface area (TPSA) is 66.0 Å². The molecule has 0 bridgehead atoms. The molecule has 0 unspecified atom stereocenters. The van der Waals surface area contributed by atoms with Crippen LogP contribution in [0.25, 0.3) is 0 Å². The second kappa shape index (κ2) is 10.1. The Morgan fingerprint density at radius 2 is 1.81 bits per heavy atom. The van der Waals surface area contributed by atoms with Gasteiger partial charge in [-0.05, 0) is 72.5 Å².